The largest absolute Gasteiger partial charge is 0.450 e. The van der Waals surface area contributed by atoms with E-state index in [2.05, 4.69) is 13.5 Å². The number of halogens is 3. The number of rotatable bonds is 5. The van der Waals surface area contributed by atoms with Gasteiger partial charge >= 0.3 is 0 Å². The number of allylic oxidation sites excluding steroid dienone is 1. The summed E-state index contributed by atoms with van der Waals surface area (Å²) < 4.78 is 55.9. The van der Waals surface area contributed by atoms with Crippen LogP contribution in [0.25, 0.3) is 0 Å². The van der Waals surface area contributed by atoms with Gasteiger partial charge in [0.05, 0.1) is 12.7 Å². The molecule has 0 aliphatic carbocycles. The van der Waals surface area contributed by atoms with Crippen LogP contribution in [0.4, 0.5) is 13.2 Å². The molecule has 0 bridgehead atoms. The zero-order valence-corrected chi connectivity index (χ0v) is 16.6. The van der Waals surface area contributed by atoms with E-state index in [-0.39, 0.29) is 23.5 Å². The van der Waals surface area contributed by atoms with E-state index in [0.29, 0.717) is 48.5 Å². The summed E-state index contributed by atoms with van der Waals surface area (Å²) in [5.74, 6) is -2.31. The van der Waals surface area contributed by atoms with Gasteiger partial charge in [0.15, 0.2) is 23.1 Å². The molecule has 0 radical (unpaired) electrons. The van der Waals surface area contributed by atoms with Crippen molar-refractivity contribution in [3.63, 3.8) is 0 Å². The molecule has 2 nitrogen and oxygen atoms in total. The monoisotopic (exact) mass is 402 g/mol. The van der Waals surface area contributed by atoms with Crippen molar-refractivity contribution < 1.29 is 22.6 Å². The number of aryl methyl sites for hydroxylation is 1. The first kappa shape index (κ1) is 20.0. The first-order valence-corrected chi connectivity index (χ1v) is 10.2. The minimum Gasteiger partial charge on any atom is -0.450 e. The minimum atomic E-state index is -1.07. The van der Waals surface area contributed by atoms with Crippen LogP contribution in [0.1, 0.15) is 61.0 Å². The van der Waals surface area contributed by atoms with Crippen molar-refractivity contribution in [2.45, 2.75) is 51.6 Å². The predicted molar refractivity (Wildman–Crippen MR) is 106 cm³/mol. The predicted octanol–water partition coefficient (Wildman–Crippen LogP) is 6.80. The average molecular weight is 402 g/mol. The van der Waals surface area contributed by atoms with Crippen LogP contribution in [0, 0.1) is 23.4 Å². The Morgan fingerprint density at radius 2 is 1.86 bits per heavy atom. The second-order valence-corrected chi connectivity index (χ2v) is 7.89. The SMILES string of the molecule is C=CCCc1ccc2c(c1F)Oc1c(cc(C3CCC(CC)CO3)c(F)c1F)C2. The molecule has 0 saturated carbocycles. The minimum absolute atomic E-state index is 0.00943. The topological polar surface area (TPSA) is 18.5 Å². The Hall–Kier alpha value is -2.27. The average Bonchev–Trinajstić information content (AvgIpc) is 2.75. The van der Waals surface area contributed by atoms with Crippen molar-refractivity contribution in [2.75, 3.05) is 6.61 Å². The van der Waals surface area contributed by atoms with E-state index < -0.39 is 23.6 Å². The highest BCUT2D eigenvalue weighted by Crippen LogP contribution is 2.44. The first-order chi connectivity index (χ1) is 14.0. The van der Waals surface area contributed by atoms with Crippen LogP contribution in [0.3, 0.4) is 0 Å². The Balaban J connectivity index is 1.65. The third-order valence-electron chi connectivity index (χ3n) is 6.02. The number of hydrogen-bond acceptors (Lipinski definition) is 2. The fourth-order valence-corrected chi connectivity index (χ4v) is 4.18. The molecular formula is C24H25F3O2. The standard InChI is InChI=1S/C24H25F3O2/c1-3-5-6-15-8-9-16-11-17-12-18(19-10-7-14(4-2)13-28-19)21(26)22(27)24(17)29-23(16)20(15)25/h3,8-9,12,14,19H,1,4-7,10-11,13H2,2H3. The van der Waals surface area contributed by atoms with Gasteiger partial charge in [0.2, 0.25) is 5.82 Å². The maximum atomic E-state index is 14.9. The van der Waals surface area contributed by atoms with Crippen LogP contribution < -0.4 is 4.74 Å². The van der Waals surface area contributed by atoms with Crippen molar-refractivity contribution in [2.24, 2.45) is 5.92 Å². The second kappa shape index (κ2) is 8.23. The first-order valence-electron chi connectivity index (χ1n) is 10.2. The lowest BCUT2D eigenvalue weighted by molar-refractivity contribution is -0.0201. The van der Waals surface area contributed by atoms with Gasteiger partial charge in [-0.25, -0.2) is 8.78 Å². The van der Waals surface area contributed by atoms with Crippen LogP contribution in [-0.2, 0) is 17.6 Å². The maximum Gasteiger partial charge on any atom is 0.201 e. The molecule has 1 saturated heterocycles. The molecule has 2 unspecified atom stereocenters. The lowest BCUT2D eigenvalue weighted by atomic mass is 9.90. The van der Waals surface area contributed by atoms with Crippen molar-refractivity contribution in [1.29, 1.82) is 0 Å². The van der Waals surface area contributed by atoms with Crippen molar-refractivity contribution in [3.8, 4) is 11.5 Å². The second-order valence-electron chi connectivity index (χ2n) is 7.89. The quantitative estimate of drug-likeness (QED) is 0.437. The molecule has 0 amide bonds. The smallest absolute Gasteiger partial charge is 0.201 e. The molecule has 2 heterocycles. The fourth-order valence-electron chi connectivity index (χ4n) is 4.18. The zero-order valence-electron chi connectivity index (χ0n) is 16.6. The van der Waals surface area contributed by atoms with Gasteiger partial charge in [0.1, 0.15) is 0 Å². The van der Waals surface area contributed by atoms with E-state index in [1.54, 1.807) is 24.3 Å². The van der Waals surface area contributed by atoms with Gasteiger partial charge in [-0.15, -0.1) is 6.58 Å². The molecule has 5 heteroatoms. The Morgan fingerprint density at radius 1 is 1.07 bits per heavy atom. The molecule has 154 valence electrons. The van der Waals surface area contributed by atoms with Crippen LogP contribution in [0.5, 0.6) is 11.5 Å². The van der Waals surface area contributed by atoms with Gasteiger partial charge < -0.3 is 9.47 Å². The van der Waals surface area contributed by atoms with Crippen molar-refractivity contribution in [3.05, 3.63) is 70.6 Å². The maximum absolute atomic E-state index is 14.9. The molecule has 2 aliphatic heterocycles. The molecule has 2 aliphatic rings. The summed E-state index contributed by atoms with van der Waals surface area (Å²) in [4.78, 5) is 0. The van der Waals surface area contributed by atoms with Crippen LogP contribution >= 0.6 is 0 Å². The van der Waals surface area contributed by atoms with E-state index in [4.69, 9.17) is 9.47 Å². The molecule has 0 N–H and O–H groups in total. The van der Waals surface area contributed by atoms with E-state index >= 15 is 0 Å². The van der Waals surface area contributed by atoms with Gasteiger partial charge in [-0.05, 0) is 43.2 Å². The number of hydrogen-bond donors (Lipinski definition) is 0. The van der Waals surface area contributed by atoms with E-state index in [1.165, 1.54) is 0 Å². The van der Waals surface area contributed by atoms with Crippen LogP contribution in [-0.4, -0.2) is 6.61 Å². The fraction of sp³-hybridized carbons (Fsp3) is 0.417. The molecule has 1 fully saturated rings. The third-order valence-corrected chi connectivity index (χ3v) is 6.02. The molecule has 4 rings (SSSR count). The Bertz CT molecular complexity index is 930. The summed E-state index contributed by atoms with van der Waals surface area (Å²) in [6.07, 6.45) is 5.24. The highest BCUT2D eigenvalue weighted by atomic mass is 19.2. The molecule has 2 aromatic rings. The summed E-state index contributed by atoms with van der Waals surface area (Å²) in [6, 6.07) is 5.14. The summed E-state index contributed by atoms with van der Waals surface area (Å²) in [5, 5.41) is 0. The number of ether oxygens (including phenoxy) is 2. The third kappa shape index (κ3) is 3.68. The van der Waals surface area contributed by atoms with Gasteiger partial charge in [0.25, 0.3) is 0 Å². The van der Waals surface area contributed by atoms with E-state index in [1.807, 2.05) is 0 Å². The van der Waals surface area contributed by atoms with Gasteiger partial charge in [0, 0.05) is 23.1 Å². The molecule has 2 atom stereocenters. The van der Waals surface area contributed by atoms with Gasteiger partial charge in [-0.1, -0.05) is 31.6 Å². The van der Waals surface area contributed by atoms with Crippen LogP contribution in [0.15, 0.2) is 30.9 Å². The molecule has 0 aromatic heterocycles. The molecule has 2 aromatic carbocycles. The van der Waals surface area contributed by atoms with Gasteiger partial charge in [-0.3, -0.25) is 0 Å². The summed E-state index contributed by atoms with van der Waals surface area (Å²) in [7, 11) is 0. The number of benzene rings is 2. The van der Waals surface area contributed by atoms with E-state index in [9.17, 15) is 13.2 Å². The lowest BCUT2D eigenvalue weighted by Crippen LogP contribution is -2.22. The van der Waals surface area contributed by atoms with Gasteiger partial charge in [-0.2, -0.15) is 4.39 Å². The van der Waals surface area contributed by atoms with Crippen molar-refractivity contribution in [1.82, 2.24) is 0 Å². The summed E-state index contributed by atoms with van der Waals surface area (Å²) in [6.45, 7) is 6.30. The van der Waals surface area contributed by atoms with Crippen molar-refractivity contribution >= 4 is 0 Å². The highest BCUT2D eigenvalue weighted by molar-refractivity contribution is 5.54. The lowest BCUT2D eigenvalue weighted by Gasteiger charge is -2.30. The number of fused-ring (bicyclic) bond motifs is 2. The Morgan fingerprint density at radius 3 is 2.55 bits per heavy atom. The Labute approximate surface area is 169 Å². The Kier molecular flexibility index (Phi) is 5.68. The summed E-state index contributed by atoms with van der Waals surface area (Å²) in [5.41, 5.74) is 1.85. The molecule has 29 heavy (non-hydrogen) atoms. The highest BCUT2D eigenvalue weighted by Gasteiger charge is 2.32. The van der Waals surface area contributed by atoms with Crippen LogP contribution in [0.2, 0.25) is 0 Å². The molecule has 0 spiro atoms. The zero-order chi connectivity index (χ0) is 20.5. The van der Waals surface area contributed by atoms with E-state index in [0.717, 1.165) is 12.8 Å². The normalized spacial score (nSPS) is 20.6. The molecular weight excluding hydrogens is 377 g/mol. The summed E-state index contributed by atoms with van der Waals surface area (Å²) >= 11 is 0.